The summed E-state index contributed by atoms with van der Waals surface area (Å²) in [5.74, 6) is 3.97. The van der Waals surface area contributed by atoms with E-state index in [4.69, 9.17) is 4.74 Å². The van der Waals surface area contributed by atoms with Gasteiger partial charge in [-0.3, -0.25) is 4.79 Å². The summed E-state index contributed by atoms with van der Waals surface area (Å²) >= 11 is 0. The summed E-state index contributed by atoms with van der Waals surface area (Å²) in [5, 5.41) is 0. The molecular weight excluding hydrogens is 356 g/mol. The molecule has 2 nitrogen and oxygen atoms in total. The first-order chi connectivity index (χ1) is 13.6. The zero-order valence-corrected chi connectivity index (χ0v) is 19.9. The number of esters is 1. The molecule has 0 unspecified atom stereocenters. The third-order valence-electron chi connectivity index (χ3n) is 10.3. The number of carbonyl (C=O) groups excluding carboxylic acids is 1. The Labute approximate surface area is 179 Å². The molecule has 3 fully saturated rings. The van der Waals surface area contributed by atoms with Crippen molar-refractivity contribution in [3.63, 3.8) is 0 Å². The number of methoxy groups -OCH3 is 1. The van der Waals surface area contributed by atoms with Crippen LogP contribution in [0.1, 0.15) is 98.8 Å². The third kappa shape index (κ3) is 3.32. The van der Waals surface area contributed by atoms with Crippen molar-refractivity contribution in [1.82, 2.24) is 0 Å². The molecule has 0 aromatic heterocycles. The minimum atomic E-state index is -0.377. The van der Waals surface area contributed by atoms with Gasteiger partial charge in [0.25, 0.3) is 0 Å². The molecule has 0 saturated heterocycles. The first-order valence-electron chi connectivity index (χ1n) is 12.4. The molecular formula is C27H44O2. The predicted octanol–water partition coefficient (Wildman–Crippen LogP) is 7.18. The summed E-state index contributed by atoms with van der Waals surface area (Å²) in [6.45, 7) is 11.8. The molecule has 0 bridgehead atoms. The molecule has 0 aromatic carbocycles. The van der Waals surface area contributed by atoms with Crippen molar-refractivity contribution in [1.29, 1.82) is 0 Å². The van der Waals surface area contributed by atoms with E-state index in [9.17, 15) is 4.79 Å². The quantitative estimate of drug-likeness (QED) is 0.369. The van der Waals surface area contributed by atoms with Gasteiger partial charge in [0.15, 0.2) is 0 Å². The summed E-state index contributed by atoms with van der Waals surface area (Å²) in [6, 6.07) is 0. The van der Waals surface area contributed by atoms with Crippen molar-refractivity contribution in [2.45, 2.75) is 98.8 Å². The Morgan fingerprint density at radius 3 is 2.66 bits per heavy atom. The molecule has 4 rings (SSSR count). The monoisotopic (exact) mass is 400 g/mol. The van der Waals surface area contributed by atoms with Crippen molar-refractivity contribution < 1.29 is 9.53 Å². The van der Waals surface area contributed by atoms with E-state index < -0.39 is 0 Å². The molecule has 4 aliphatic rings. The van der Waals surface area contributed by atoms with Gasteiger partial charge in [0.05, 0.1) is 12.5 Å². The van der Waals surface area contributed by atoms with Gasteiger partial charge >= 0.3 is 5.97 Å². The van der Waals surface area contributed by atoms with E-state index in [1.54, 1.807) is 0 Å². The summed E-state index contributed by atoms with van der Waals surface area (Å²) in [6.07, 6.45) is 16.2. The van der Waals surface area contributed by atoms with Crippen LogP contribution in [0.5, 0.6) is 0 Å². The number of fused-ring (bicyclic) bond motifs is 5. The standard InChI is InChI=1S/C27H44O2/c1-18(17-25(2,3)24(28)29-6)21-12-13-22-20-11-10-19-9-7-8-15-26(19,4)23(20)14-16-27(21,22)5/h10,18,20-23H,7-9,11-17H2,1-6H3/t18-,20+,21-,22+,23+,26+,27-/m1/s1. The van der Waals surface area contributed by atoms with E-state index in [0.717, 1.165) is 30.1 Å². The predicted molar refractivity (Wildman–Crippen MR) is 119 cm³/mol. The van der Waals surface area contributed by atoms with Gasteiger partial charge in [0, 0.05) is 0 Å². The molecule has 29 heavy (non-hydrogen) atoms. The van der Waals surface area contributed by atoms with Crippen molar-refractivity contribution in [2.24, 2.45) is 45.8 Å². The van der Waals surface area contributed by atoms with Crippen LogP contribution in [-0.2, 0) is 9.53 Å². The van der Waals surface area contributed by atoms with Gasteiger partial charge < -0.3 is 4.74 Å². The highest BCUT2D eigenvalue weighted by Crippen LogP contribution is 2.67. The first-order valence-corrected chi connectivity index (χ1v) is 12.4. The SMILES string of the molecule is COC(=O)C(C)(C)C[C@@H](C)[C@H]1CC[C@H]2[C@@H]3CC=C4CCCC[C@]4(C)[C@H]3CC[C@]12C. The van der Waals surface area contributed by atoms with E-state index in [1.165, 1.54) is 64.9 Å². The molecule has 0 N–H and O–H groups in total. The first kappa shape index (κ1) is 21.4. The highest BCUT2D eigenvalue weighted by atomic mass is 16.5. The van der Waals surface area contributed by atoms with Crippen molar-refractivity contribution in [3.8, 4) is 0 Å². The average molecular weight is 401 g/mol. The lowest BCUT2D eigenvalue weighted by molar-refractivity contribution is -0.152. The normalized spacial score (nSPS) is 42.9. The van der Waals surface area contributed by atoms with E-state index >= 15 is 0 Å². The minimum absolute atomic E-state index is 0.0528. The topological polar surface area (TPSA) is 26.3 Å². The van der Waals surface area contributed by atoms with Gasteiger partial charge in [0.2, 0.25) is 0 Å². The Morgan fingerprint density at radius 2 is 1.93 bits per heavy atom. The Morgan fingerprint density at radius 1 is 1.17 bits per heavy atom. The Balaban J connectivity index is 1.54. The number of ether oxygens (including phenoxy) is 1. The fourth-order valence-electron chi connectivity index (χ4n) is 8.98. The van der Waals surface area contributed by atoms with Gasteiger partial charge in [0.1, 0.15) is 0 Å². The fourth-order valence-corrected chi connectivity index (χ4v) is 8.98. The molecule has 0 spiro atoms. The molecule has 0 radical (unpaired) electrons. The van der Waals surface area contributed by atoms with Gasteiger partial charge in [-0.05, 0) is 112 Å². The fraction of sp³-hybridized carbons (Fsp3) is 0.889. The number of hydrogen-bond acceptors (Lipinski definition) is 2. The zero-order chi connectivity index (χ0) is 21.0. The van der Waals surface area contributed by atoms with E-state index in [-0.39, 0.29) is 11.4 Å². The second-order valence-corrected chi connectivity index (χ2v) is 12.3. The summed E-state index contributed by atoms with van der Waals surface area (Å²) in [7, 11) is 1.53. The maximum Gasteiger partial charge on any atom is 0.311 e. The summed E-state index contributed by atoms with van der Waals surface area (Å²) in [4.78, 5) is 12.3. The van der Waals surface area contributed by atoms with E-state index in [1.807, 2.05) is 5.57 Å². The lowest BCUT2D eigenvalue weighted by Crippen LogP contribution is -2.50. The molecule has 0 aromatic rings. The van der Waals surface area contributed by atoms with Crippen LogP contribution in [0.3, 0.4) is 0 Å². The lowest BCUT2D eigenvalue weighted by Gasteiger charge is -2.58. The smallest absolute Gasteiger partial charge is 0.311 e. The molecule has 7 atom stereocenters. The third-order valence-corrected chi connectivity index (χ3v) is 10.3. The van der Waals surface area contributed by atoms with E-state index in [0.29, 0.717) is 16.7 Å². The van der Waals surface area contributed by atoms with Crippen molar-refractivity contribution in [3.05, 3.63) is 11.6 Å². The number of carbonyl (C=O) groups is 1. The van der Waals surface area contributed by atoms with Gasteiger partial charge in [-0.25, -0.2) is 0 Å². The molecule has 3 saturated carbocycles. The van der Waals surface area contributed by atoms with Crippen LogP contribution in [0.15, 0.2) is 11.6 Å². The number of hydrogen-bond donors (Lipinski definition) is 0. The molecule has 2 heteroatoms. The van der Waals surface area contributed by atoms with Crippen LogP contribution >= 0.6 is 0 Å². The zero-order valence-electron chi connectivity index (χ0n) is 19.9. The van der Waals surface area contributed by atoms with Crippen LogP contribution in [0.25, 0.3) is 0 Å². The van der Waals surface area contributed by atoms with Gasteiger partial charge in [-0.1, -0.05) is 38.8 Å². The number of allylic oxidation sites excluding steroid dienone is 2. The summed E-state index contributed by atoms with van der Waals surface area (Å²) < 4.78 is 5.10. The van der Waals surface area contributed by atoms with Crippen molar-refractivity contribution >= 4 is 5.97 Å². The molecule has 0 heterocycles. The van der Waals surface area contributed by atoms with Crippen LogP contribution in [0.4, 0.5) is 0 Å². The minimum Gasteiger partial charge on any atom is -0.469 e. The molecule has 164 valence electrons. The Hall–Kier alpha value is -0.790. The van der Waals surface area contributed by atoms with Crippen LogP contribution in [0, 0.1) is 45.8 Å². The molecule has 0 amide bonds. The summed E-state index contributed by atoms with van der Waals surface area (Å²) in [5.41, 5.74) is 2.40. The highest BCUT2D eigenvalue weighted by molar-refractivity contribution is 5.75. The second kappa shape index (κ2) is 7.41. The van der Waals surface area contributed by atoms with Crippen LogP contribution in [0.2, 0.25) is 0 Å². The van der Waals surface area contributed by atoms with Gasteiger partial charge in [-0.2, -0.15) is 0 Å². The average Bonchev–Trinajstić information content (AvgIpc) is 3.03. The van der Waals surface area contributed by atoms with Crippen LogP contribution < -0.4 is 0 Å². The van der Waals surface area contributed by atoms with Gasteiger partial charge in [-0.15, -0.1) is 0 Å². The van der Waals surface area contributed by atoms with Crippen molar-refractivity contribution in [2.75, 3.05) is 7.11 Å². The molecule has 4 aliphatic carbocycles. The largest absolute Gasteiger partial charge is 0.469 e. The van der Waals surface area contributed by atoms with Crippen LogP contribution in [-0.4, -0.2) is 13.1 Å². The lowest BCUT2D eigenvalue weighted by atomic mass is 9.47. The number of rotatable bonds is 4. The highest BCUT2D eigenvalue weighted by Gasteiger charge is 2.59. The Kier molecular flexibility index (Phi) is 5.48. The maximum absolute atomic E-state index is 12.3. The maximum atomic E-state index is 12.3. The molecule has 0 aliphatic heterocycles. The second-order valence-electron chi connectivity index (χ2n) is 12.3. The Bertz CT molecular complexity index is 676. The van der Waals surface area contributed by atoms with E-state index in [2.05, 4.69) is 40.7 Å².